The first kappa shape index (κ1) is 21.5. The molecular formula is C26H33N3O3S. The fraction of sp³-hybridized carbons (Fsp3) is 0.615. The molecule has 5 saturated carbocycles. The second-order valence-corrected chi connectivity index (χ2v) is 12.7. The van der Waals surface area contributed by atoms with Gasteiger partial charge in [0.05, 0.1) is 5.52 Å². The van der Waals surface area contributed by atoms with Gasteiger partial charge in [-0.2, -0.15) is 4.72 Å². The first-order valence-corrected chi connectivity index (χ1v) is 14.1. The number of benzene rings is 1. The van der Waals surface area contributed by atoms with E-state index in [-0.39, 0.29) is 16.8 Å². The van der Waals surface area contributed by atoms with Crippen molar-refractivity contribution in [2.75, 3.05) is 0 Å². The molecule has 33 heavy (non-hydrogen) atoms. The van der Waals surface area contributed by atoms with E-state index in [1.165, 1.54) is 32.1 Å². The monoisotopic (exact) mass is 467 g/mol. The topological polar surface area (TPSA) is 88.2 Å². The lowest BCUT2D eigenvalue weighted by Crippen LogP contribution is -2.64. The molecule has 7 rings (SSSR count). The zero-order valence-corrected chi connectivity index (χ0v) is 19.8. The summed E-state index contributed by atoms with van der Waals surface area (Å²) in [4.78, 5) is 18.3. The highest BCUT2D eigenvalue weighted by Gasteiger charge is 2.51. The summed E-state index contributed by atoms with van der Waals surface area (Å²) in [5.41, 5.74) is -0.636. The molecule has 1 aromatic carbocycles. The average Bonchev–Trinajstić information content (AvgIpc) is 2.80. The van der Waals surface area contributed by atoms with Crippen molar-refractivity contribution in [2.24, 2.45) is 23.7 Å². The largest absolute Gasteiger partial charge is 0.351 e. The van der Waals surface area contributed by atoms with E-state index in [0.717, 1.165) is 36.5 Å². The van der Waals surface area contributed by atoms with Crippen molar-refractivity contribution in [1.82, 2.24) is 15.0 Å². The molecule has 5 fully saturated rings. The van der Waals surface area contributed by atoms with Gasteiger partial charge in [-0.3, -0.25) is 9.78 Å². The summed E-state index contributed by atoms with van der Waals surface area (Å²) in [5.74, 6) is 2.68. The van der Waals surface area contributed by atoms with E-state index in [2.05, 4.69) is 15.0 Å². The first-order valence-electron chi connectivity index (χ1n) is 12.6. The predicted molar refractivity (Wildman–Crippen MR) is 127 cm³/mol. The molecular weight excluding hydrogens is 434 g/mol. The van der Waals surface area contributed by atoms with E-state index in [4.69, 9.17) is 0 Å². The van der Waals surface area contributed by atoms with E-state index in [9.17, 15) is 13.2 Å². The van der Waals surface area contributed by atoms with Crippen LogP contribution in [0.25, 0.3) is 10.9 Å². The molecule has 4 bridgehead atoms. The lowest BCUT2D eigenvalue weighted by Gasteiger charge is -2.55. The molecule has 1 aromatic heterocycles. The van der Waals surface area contributed by atoms with Crippen LogP contribution in [0.15, 0.2) is 41.4 Å². The second-order valence-electron chi connectivity index (χ2n) is 11.0. The van der Waals surface area contributed by atoms with Gasteiger partial charge < -0.3 is 5.32 Å². The maximum Gasteiger partial charge on any atom is 0.243 e. The first-order chi connectivity index (χ1) is 15.9. The Morgan fingerprint density at radius 2 is 1.58 bits per heavy atom. The van der Waals surface area contributed by atoms with Gasteiger partial charge in [-0.1, -0.05) is 37.5 Å². The van der Waals surface area contributed by atoms with Crippen LogP contribution in [-0.2, 0) is 14.8 Å². The maximum absolute atomic E-state index is 13.8. The van der Waals surface area contributed by atoms with E-state index < -0.39 is 15.6 Å². The van der Waals surface area contributed by atoms with Gasteiger partial charge in [0.25, 0.3) is 0 Å². The number of nitrogens with zero attached hydrogens (tertiary/aromatic N) is 1. The molecule has 0 atom stereocenters. The van der Waals surface area contributed by atoms with E-state index >= 15 is 0 Å². The van der Waals surface area contributed by atoms with Crippen molar-refractivity contribution < 1.29 is 13.2 Å². The maximum atomic E-state index is 13.8. The van der Waals surface area contributed by atoms with Gasteiger partial charge in [0.2, 0.25) is 15.9 Å². The molecule has 0 aliphatic heterocycles. The standard InChI is InChI=1S/C26H33N3O3S/c30-25(28-23-20-13-17-12-18(15-20)16-21(23)14-17)26(9-2-1-3-10-26)29-33(31,32)22-8-4-6-19-7-5-11-27-24(19)22/h4-8,11,17-18,20-21,23,29H,1-3,9-10,12-16H2,(H,28,30). The Hall–Kier alpha value is -1.99. The molecule has 0 spiro atoms. The molecule has 5 aliphatic rings. The lowest BCUT2D eigenvalue weighted by atomic mass is 9.54. The summed E-state index contributed by atoms with van der Waals surface area (Å²) in [7, 11) is -3.92. The number of sulfonamides is 1. The number of pyridine rings is 1. The highest BCUT2D eigenvalue weighted by molar-refractivity contribution is 7.89. The number of fused-ring (bicyclic) bond motifs is 1. The smallest absolute Gasteiger partial charge is 0.243 e. The van der Waals surface area contributed by atoms with E-state index in [1.54, 1.807) is 24.4 Å². The summed E-state index contributed by atoms with van der Waals surface area (Å²) in [6.07, 6.45) is 11.7. The van der Waals surface area contributed by atoms with Crippen LogP contribution < -0.4 is 10.0 Å². The Morgan fingerprint density at radius 3 is 2.27 bits per heavy atom. The second kappa shape index (κ2) is 8.05. The summed E-state index contributed by atoms with van der Waals surface area (Å²) in [5, 5.41) is 4.18. The van der Waals surface area contributed by atoms with Gasteiger partial charge >= 0.3 is 0 Å². The number of rotatable bonds is 5. The van der Waals surface area contributed by atoms with Crippen molar-refractivity contribution in [1.29, 1.82) is 0 Å². The van der Waals surface area contributed by atoms with Crippen LogP contribution >= 0.6 is 0 Å². The number of para-hydroxylation sites is 1. The highest BCUT2D eigenvalue weighted by atomic mass is 32.2. The summed E-state index contributed by atoms with van der Waals surface area (Å²) in [6.45, 7) is 0. The van der Waals surface area contributed by atoms with Crippen molar-refractivity contribution in [3.63, 3.8) is 0 Å². The van der Waals surface area contributed by atoms with Crippen molar-refractivity contribution >= 4 is 26.8 Å². The lowest BCUT2D eigenvalue weighted by molar-refractivity contribution is -0.132. The predicted octanol–water partition coefficient (Wildman–Crippen LogP) is 4.16. The van der Waals surface area contributed by atoms with Crippen LogP contribution in [0, 0.1) is 23.7 Å². The van der Waals surface area contributed by atoms with Crippen molar-refractivity contribution in [2.45, 2.75) is 80.7 Å². The summed E-state index contributed by atoms with van der Waals surface area (Å²) in [6, 6.07) is 9.04. The molecule has 2 aromatic rings. The fourth-order valence-electron chi connectivity index (χ4n) is 7.59. The third-order valence-electron chi connectivity index (χ3n) is 8.88. The molecule has 0 radical (unpaired) electrons. The Bertz CT molecular complexity index is 1140. The average molecular weight is 468 g/mol. The Balaban J connectivity index is 1.29. The minimum atomic E-state index is -3.92. The number of nitrogens with one attached hydrogen (secondary N) is 2. The zero-order chi connectivity index (χ0) is 22.6. The molecule has 7 heteroatoms. The third kappa shape index (κ3) is 3.77. The van der Waals surface area contributed by atoms with Crippen LogP contribution in [0.1, 0.15) is 64.2 Å². The molecule has 176 valence electrons. The van der Waals surface area contributed by atoms with Gasteiger partial charge in [-0.05, 0) is 80.8 Å². The minimum Gasteiger partial charge on any atom is -0.351 e. The van der Waals surface area contributed by atoms with Crippen molar-refractivity contribution in [3.05, 3.63) is 36.5 Å². The zero-order valence-electron chi connectivity index (χ0n) is 19.0. The van der Waals surface area contributed by atoms with Crippen LogP contribution in [0.3, 0.4) is 0 Å². The van der Waals surface area contributed by atoms with Crippen molar-refractivity contribution in [3.8, 4) is 0 Å². The third-order valence-corrected chi connectivity index (χ3v) is 10.4. The minimum absolute atomic E-state index is 0.114. The van der Waals surface area contributed by atoms with Gasteiger partial charge in [-0.25, -0.2) is 8.42 Å². The van der Waals surface area contributed by atoms with Crippen LogP contribution in [-0.4, -0.2) is 30.9 Å². The quantitative estimate of drug-likeness (QED) is 0.691. The van der Waals surface area contributed by atoms with Crippen LogP contribution in [0.2, 0.25) is 0 Å². The number of hydrogen-bond donors (Lipinski definition) is 2. The fourth-order valence-corrected chi connectivity index (χ4v) is 9.19. The van der Waals surface area contributed by atoms with Gasteiger partial charge in [-0.15, -0.1) is 0 Å². The molecule has 2 N–H and O–H groups in total. The van der Waals surface area contributed by atoms with Gasteiger partial charge in [0.15, 0.2) is 0 Å². The Morgan fingerprint density at radius 1 is 0.909 bits per heavy atom. The number of amides is 1. The number of aromatic nitrogens is 1. The van der Waals surface area contributed by atoms with Gasteiger partial charge in [0, 0.05) is 17.6 Å². The summed E-state index contributed by atoms with van der Waals surface area (Å²) < 4.78 is 30.2. The molecule has 6 nitrogen and oxygen atoms in total. The summed E-state index contributed by atoms with van der Waals surface area (Å²) >= 11 is 0. The van der Waals surface area contributed by atoms with Crippen LogP contribution in [0.5, 0.6) is 0 Å². The normalized spacial score (nSPS) is 32.7. The number of carbonyl (C=O) groups excluding carboxylic acids is 1. The SMILES string of the molecule is O=C(NC1C2CC3CC(C2)CC1C3)C1(NS(=O)(=O)c2cccc3cccnc23)CCCCC1. The highest BCUT2D eigenvalue weighted by Crippen LogP contribution is 2.53. The Kier molecular flexibility index (Phi) is 5.25. The van der Waals surface area contributed by atoms with Crippen LogP contribution in [0.4, 0.5) is 0 Å². The molecule has 0 unspecified atom stereocenters. The van der Waals surface area contributed by atoms with E-state index in [0.29, 0.717) is 30.2 Å². The van der Waals surface area contributed by atoms with Gasteiger partial charge in [0.1, 0.15) is 10.4 Å². The molecule has 1 amide bonds. The molecule has 1 heterocycles. The number of hydrogen-bond acceptors (Lipinski definition) is 4. The van der Waals surface area contributed by atoms with E-state index in [1.807, 2.05) is 12.1 Å². The molecule has 5 aliphatic carbocycles. The number of carbonyl (C=O) groups is 1. The Labute approximate surface area is 196 Å². The molecule has 0 saturated heterocycles.